The number of aryl methyl sites for hydroxylation is 3. The lowest BCUT2D eigenvalue weighted by atomic mass is 10.0. The highest BCUT2D eigenvalue weighted by molar-refractivity contribution is 5.89. The van der Waals surface area contributed by atoms with Crippen molar-refractivity contribution in [2.45, 2.75) is 26.4 Å². The molecule has 0 saturated heterocycles. The molecule has 0 fully saturated rings. The minimum Gasteiger partial charge on any atom is -0.340 e. The first-order valence-electron chi connectivity index (χ1n) is 5.80. The number of nitriles is 1. The number of alkyl halides is 3. The maximum atomic E-state index is 13.2. The molecule has 0 spiro atoms. The van der Waals surface area contributed by atoms with Gasteiger partial charge in [-0.2, -0.15) is 18.4 Å². The van der Waals surface area contributed by atoms with Gasteiger partial charge in [-0.05, 0) is 25.0 Å². The lowest BCUT2D eigenvalue weighted by Crippen LogP contribution is -2.13. The zero-order chi connectivity index (χ0) is 14.4. The van der Waals surface area contributed by atoms with Gasteiger partial charge in [-0.3, -0.25) is 0 Å². The topological polar surface area (TPSA) is 28.7 Å². The molecule has 0 aliphatic carbocycles. The van der Waals surface area contributed by atoms with E-state index in [1.165, 1.54) is 7.05 Å². The summed E-state index contributed by atoms with van der Waals surface area (Å²) in [5.74, 6) is 0. The molecule has 1 aromatic carbocycles. The molecule has 0 atom stereocenters. The Morgan fingerprint density at radius 2 is 1.89 bits per heavy atom. The molecule has 1 heterocycles. The molecule has 0 bridgehead atoms. The molecule has 0 saturated carbocycles. The van der Waals surface area contributed by atoms with Gasteiger partial charge < -0.3 is 4.57 Å². The second-order valence-corrected chi connectivity index (χ2v) is 4.62. The molecule has 1 aromatic heterocycles. The van der Waals surface area contributed by atoms with E-state index in [0.717, 1.165) is 15.7 Å². The molecule has 5 heteroatoms. The van der Waals surface area contributed by atoms with E-state index in [1.807, 2.05) is 13.0 Å². The van der Waals surface area contributed by atoms with Crippen molar-refractivity contribution in [3.05, 3.63) is 34.5 Å². The molecule has 0 aliphatic heterocycles. The Morgan fingerprint density at radius 1 is 1.26 bits per heavy atom. The minimum absolute atomic E-state index is 0.0654. The summed E-state index contributed by atoms with van der Waals surface area (Å²) in [6, 6.07) is 5.28. The van der Waals surface area contributed by atoms with Gasteiger partial charge in [0.25, 0.3) is 0 Å². The lowest BCUT2D eigenvalue weighted by molar-refractivity contribution is -0.143. The van der Waals surface area contributed by atoms with Gasteiger partial charge in [0.2, 0.25) is 0 Å². The first-order valence-corrected chi connectivity index (χ1v) is 5.80. The summed E-state index contributed by atoms with van der Waals surface area (Å²) in [5, 5.41) is 9.29. The Hall–Kier alpha value is -1.96. The van der Waals surface area contributed by atoms with E-state index < -0.39 is 11.9 Å². The normalized spacial score (nSPS) is 11.8. The Balaban J connectivity index is 2.97. The van der Waals surface area contributed by atoms with Crippen LogP contribution < -0.4 is 0 Å². The molecule has 0 aliphatic rings. The van der Waals surface area contributed by atoms with Crippen molar-refractivity contribution in [2.24, 2.45) is 7.05 Å². The van der Waals surface area contributed by atoms with Crippen molar-refractivity contribution in [1.82, 2.24) is 4.57 Å². The van der Waals surface area contributed by atoms with E-state index in [1.54, 1.807) is 19.1 Å². The molecule has 2 rings (SSSR count). The first-order chi connectivity index (χ1) is 8.79. The van der Waals surface area contributed by atoms with E-state index in [9.17, 15) is 13.2 Å². The SMILES string of the molecule is Cc1ccc2c(CC#N)c(C(F)(F)F)n(C)c2c1C. The van der Waals surface area contributed by atoms with Crippen molar-refractivity contribution in [1.29, 1.82) is 5.26 Å². The smallest absolute Gasteiger partial charge is 0.340 e. The Morgan fingerprint density at radius 3 is 2.42 bits per heavy atom. The second-order valence-electron chi connectivity index (χ2n) is 4.62. The van der Waals surface area contributed by atoms with Gasteiger partial charge in [-0.25, -0.2) is 0 Å². The zero-order valence-electron chi connectivity index (χ0n) is 10.9. The highest BCUT2D eigenvalue weighted by atomic mass is 19.4. The predicted molar refractivity (Wildman–Crippen MR) is 66.7 cm³/mol. The van der Waals surface area contributed by atoms with Gasteiger partial charge >= 0.3 is 6.18 Å². The molecule has 0 unspecified atom stereocenters. The van der Waals surface area contributed by atoms with Crippen LogP contribution in [0, 0.1) is 25.2 Å². The van der Waals surface area contributed by atoms with Crippen molar-refractivity contribution >= 4 is 10.9 Å². The fourth-order valence-corrected chi connectivity index (χ4v) is 2.54. The maximum Gasteiger partial charge on any atom is 0.431 e. The number of hydrogen-bond donors (Lipinski definition) is 0. The molecule has 2 aromatic rings. The van der Waals surface area contributed by atoms with E-state index in [4.69, 9.17) is 5.26 Å². The van der Waals surface area contributed by atoms with Crippen LogP contribution in [0.15, 0.2) is 12.1 Å². The Bertz CT molecular complexity index is 687. The summed E-state index contributed by atoms with van der Waals surface area (Å²) in [5.41, 5.74) is 1.64. The van der Waals surface area contributed by atoms with E-state index in [-0.39, 0.29) is 12.0 Å². The quantitative estimate of drug-likeness (QED) is 0.770. The average Bonchev–Trinajstić information content (AvgIpc) is 2.57. The fraction of sp³-hybridized carbons (Fsp3) is 0.357. The van der Waals surface area contributed by atoms with Gasteiger partial charge in [0.05, 0.1) is 18.0 Å². The summed E-state index contributed by atoms with van der Waals surface area (Å²) < 4.78 is 40.7. The largest absolute Gasteiger partial charge is 0.431 e. The van der Waals surface area contributed by atoms with Crippen LogP contribution in [0.5, 0.6) is 0 Å². The third-order valence-corrected chi connectivity index (χ3v) is 3.51. The van der Waals surface area contributed by atoms with Crippen LogP contribution in [-0.2, 0) is 19.6 Å². The number of benzene rings is 1. The Kier molecular flexibility index (Phi) is 3.05. The number of hydrogen-bond acceptors (Lipinski definition) is 1. The molecule has 0 N–H and O–H groups in total. The summed E-state index contributed by atoms with van der Waals surface area (Å²) in [6.07, 6.45) is -4.70. The second kappa shape index (κ2) is 4.30. The number of rotatable bonds is 1. The van der Waals surface area contributed by atoms with Gasteiger partial charge in [0, 0.05) is 18.0 Å². The molecule has 2 nitrogen and oxygen atoms in total. The van der Waals surface area contributed by atoms with Crippen LogP contribution in [-0.4, -0.2) is 4.57 Å². The molecular formula is C14H13F3N2. The van der Waals surface area contributed by atoms with E-state index >= 15 is 0 Å². The third kappa shape index (κ3) is 1.97. The molecule has 19 heavy (non-hydrogen) atoms. The number of aromatic nitrogens is 1. The number of halogens is 3. The third-order valence-electron chi connectivity index (χ3n) is 3.51. The minimum atomic E-state index is -4.46. The van der Waals surface area contributed by atoms with Gasteiger partial charge in [-0.15, -0.1) is 0 Å². The highest BCUT2D eigenvalue weighted by Crippen LogP contribution is 2.39. The zero-order valence-corrected chi connectivity index (χ0v) is 10.9. The van der Waals surface area contributed by atoms with Gasteiger partial charge in [0.1, 0.15) is 5.69 Å². The summed E-state index contributed by atoms with van der Waals surface area (Å²) >= 11 is 0. The van der Waals surface area contributed by atoms with Crippen molar-refractivity contribution in [3.8, 4) is 6.07 Å². The average molecular weight is 266 g/mol. The Labute approximate surface area is 109 Å². The van der Waals surface area contributed by atoms with E-state index in [0.29, 0.717) is 10.9 Å². The molecular weight excluding hydrogens is 253 g/mol. The lowest BCUT2D eigenvalue weighted by Gasteiger charge is -2.10. The van der Waals surface area contributed by atoms with Gasteiger partial charge in [-0.1, -0.05) is 12.1 Å². The maximum absolute atomic E-state index is 13.2. The standard InChI is InChI=1S/C14H13F3N2/c1-8-4-5-10-11(6-7-18)13(14(15,16)17)19(3)12(10)9(8)2/h4-5H,6H2,1-3H3. The van der Waals surface area contributed by atoms with Crippen LogP contribution >= 0.6 is 0 Å². The summed E-state index contributed by atoms with van der Waals surface area (Å²) in [4.78, 5) is 0. The number of fused-ring (bicyclic) bond motifs is 1. The van der Waals surface area contributed by atoms with Crippen LogP contribution in [0.4, 0.5) is 13.2 Å². The molecule has 0 amide bonds. The van der Waals surface area contributed by atoms with Crippen molar-refractivity contribution in [2.75, 3.05) is 0 Å². The van der Waals surface area contributed by atoms with Crippen molar-refractivity contribution < 1.29 is 13.2 Å². The van der Waals surface area contributed by atoms with Crippen LogP contribution in [0.3, 0.4) is 0 Å². The summed E-state index contributed by atoms with van der Waals surface area (Å²) in [6.45, 7) is 3.66. The molecule has 100 valence electrons. The summed E-state index contributed by atoms with van der Waals surface area (Å²) in [7, 11) is 1.40. The number of nitrogens with zero attached hydrogens (tertiary/aromatic N) is 2. The van der Waals surface area contributed by atoms with Crippen LogP contribution in [0.25, 0.3) is 10.9 Å². The predicted octanol–water partition coefficient (Wildman–Crippen LogP) is 3.88. The fourth-order valence-electron chi connectivity index (χ4n) is 2.54. The molecule has 0 radical (unpaired) electrons. The first kappa shape index (κ1) is 13.5. The highest BCUT2D eigenvalue weighted by Gasteiger charge is 2.38. The van der Waals surface area contributed by atoms with Gasteiger partial charge in [0.15, 0.2) is 0 Å². The van der Waals surface area contributed by atoms with Crippen LogP contribution in [0.2, 0.25) is 0 Å². The monoisotopic (exact) mass is 266 g/mol. The van der Waals surface area contributed by atoms with E-state index in [2.05, 4.69) is 0 Å². The van der Waals surface area contributed by atoms with Crippen molar-refractivity contribution in [3.63, 3.8) is 0 Å². The van der Waals surface area contributed by atoms with Crippen LogP contribution in [0.1, 0.15) is 22.4 Å².